The van der Waals surface area contributed by atoms with Gasteiger partial charge in [-0.1, -0.05) is 18.2 Å². The highest BCUT2D eigenvalue weighted by Gasteiger charge is 2.17. The van der Waals surface area contributed by atoms with Crippen molar-refractivity contribution in [1.82, 2.24) is 5.32 Å². The number of nitrogens with one attached hydrogen (secondary N) is 1. The third-order valence-corrected chi connectivity index (χ3v) is 4.55. The molecule has 0 aliphatic heterocycles. The molecule has 2 aromatic rings. The highest BCUT2D eigenvalue weighted by molar-refractivity contribution is 7.91. The molecule has 1 aromatic heterocycles. The molecular formula is C14H14N2O4S. The minimum atomic E-state index is -3.45. The molecule has 0 spiro atoms. The van der Waals surface area contributed by atoms with E-state index in [1.807, 2.05) is 0 Å². The molecule has 0 aliphatic carbocycles. The number of amides is 1. The van der Waals surface area contributed by atoms with Crippen LogP contribution in [0.4, 0.5) is 0 Å². The van der Waals surface area contributed by atoms with Gasteiger partial charge in [-0.3, -0.25) is 4.79 Å². The molecule has 0 saturated carbocycles. The number of hydrogen-bond donors (Lipinski definition) is 1. The summed E-state index contributed by atoms with van der Waals surface area (Å²) in [6.07, 6.45) is 1.20. The van der Waals surface area contributed by atoms with Crippen LogP contribution in [0.25, 0.3) is 0 Å². The molecule has 2 rings (SSSR count). The second kappa shape index (κ2) is 6.36. The SMILES string of the molecule is O=C(NCCS(=O)(=O)c1ccccc1)c1cccc[n+]1[O-]. The summed E-state index contributed by atoms with van der Waals surface area (Å²) >= 11 is 0. The highest BCUT2D eigenvalue weighted by Crippen LogP contribution is 2.09. The van der Waals surface area contributed by atoms with Crippen LogP contribution in [0.1, 0.15) is 10.5 Å². The number of hydrogen-bond acceptors (Lipinski definition) is 4. The average molecular weight is 306 g/mol. The van der Waals surface area contributed by atoms with Crippen LogP contribution in [-0.2, 0) is 9.84 Å². The first-order chi connectivity index (χ1) is 10.0. The lowest BCUT2D eigenvalue weighted by Crippen LogP contribution is -2.40. The van der Waals surface area contributed by atoms with Gasteiger partial charge in [-0.25, -0.2) is 8.42 Å². The Labute approximate surface area is 122 Å². The van der Waals surface area contributed by atoms with E-state index >= 15 is 0 Å². The normalized spacial score (nSPS) is 11.0. The van der Waals surface area contributed by atoms with Gasteiger partial charge in [0, 0.05) is 18.7 Å². The van der Waals surface area contributed by atoms with E-state index in [0.29, 0.717) is 4.73 Å². The van der Waals surface area contributed by atoms with E-state index in [9.17, 15) is 18.4 Å². The largest absolute Gasteiger partial charge is 0.618 e. The Bertz CT molecular complexity index is 730. The maximum absolute atomic E-state index is 12.0. The van der Waals surface area contributed by atoms with Gasteiger partial charge >= 0.3 is 5.91 Å². The van der Waals surface area contributed by atoms with E-state index in [2.05, 4.69) is 5.32 Å². The molecule has 0 radical (unpaired) electrons. The Hall–Kier alpha value is -2.41. The molecule has 0 fully saturated rings. The number of sulfone groups is 1. The van der Waals surface area contributed by atoms with Crippen LogP contribution in [0.2, 0.25) is 0 Å². The number of benzene rings is 1. The molecule has 6 nitrogen and oxygen atoms in total. The highest BCUT2D eigenvalue weighted by atomic mass is 32.2. The molecular weight excluding hydrogens is 292 g/mol. The first-order valence-corrected chi connectivity index (χ1v) is 7.90. The lowest BCUT2D eigenvalue weighted by Gasteiger charge is -2.06. The van der Waals surface area contributed by atoms with Gasteiger partial charge in [0.15, 0.2) is 16.0 Å². The third kappa shape index (κ3) is 3.79. The molecule has 0 bridgehead atoms. The summed E-state index contributed by atoms with van der Waals surface area (Å²) in [6.45, 7) is -0.0645. The fourth-order valence-electron chi connectivity index (χ4n) is 1.74. The topological polar surface area (TPSA) is 90.2 Å². The molecule has 1 N–H and O–H groups in total. The van der Waals surface area contributed by atoms with Crippen molar-refractivity contribution in [1.29, 1.82) is 0 Å². The Morgan fingerprint density at radius 2 is 1.76 bits per heavy atom. The maximum Gasteiger partial charge on any atom is 0.317 e. The molecule has 1 heterocycles. The zero-order chi connectivity index (χ0) is 15.3. The van der Waals surface area contributed by atoms with Crippen molar-refractivity contribution in [2.75, 3.05) is 12.3 Å². The summed E-state index contributed by atoms with van der Waals surface area (Å²) in [6, 6.07) is 12.4. The molecule has 0 saturated heterocycles. The smallest absolute Gasteiger partial charge is 0.317 e. The van der Waals surface area contributed by atoms with Gasteiger partial charge in [0.1, 0.15) is 0 Å². The van der Waals surface area contributed by atoms with E-state index in [1.54, 1.807) is 24.3 Å². The summed E-state index contributed by atoms with van der Waals surface area (Å²) in [5, 5.41) is 13.8. The van der Waals surface area contributed by atoms with Gasteiger partial charge in [-0.15, -0.1) is 0 Å². The van der Waals surface area contributed by atoms with Crippen molar-refractivity contribution in [2.24, 2.45) is 0 Å². The Kier molecular flexibility index (Phi) is 4.54. The van der Waals surface area contributed by atoms with Crippen LogP contribution in [0.5, 0.6) is 0 Å². The van der Waals surface area contributed by atoms with Crippen molar-refractivity contribution in [2.45, 2.75) is 4.90 Å². The number of carbonyl (C=O) groups excluding carboxylic acids is 1. The standard InChI is InChI=1S/C14H14N2O4S/c17-14(13-8-4-5-10-16(13)18)15-9-11-21(19,20)12-6-2-1-3-7-12/h1-8,10H,9,11H2,(H,15,17). The minimum absolute atomic E-state index is 0.0645. The van der Waals surface area contributed by atoms with E-state index in [0.717, 1.165) is 0 Å². The van der Waals surface area contributed by atoms with Crippen LogP contribution in [0.3, 0.4) is 0 Å². The van der Waals surface area contributed by atoms with Gasteiger partial charge in [-0.05, 0) is 18.2 Å². The second-order valence-corrected chi connectivity index (χ2v) is 6.41. The Morgan fingerprint density at radius 1 is 1.10 bits per heavy atom. The predicted octanol–water partition coefficient (Wildman–Crippen LogP) is 0.524. The molecule has 0 aliphatic rings. The van der Waals surface area contributed by atoms with Crippen LogP contribution < -0.4 is 10.0 Å². The van der Waals surface area contributed by atoms with Crippen LogP contribution in [-0.4, -0.2) is 26.6 Å². The molecule has 0 atom stereocenters. The Balaban J connectivity index is 1.96. The first kappa shape index (κ1) is 15.0. The molecule has 1 amide bonds. The number of aromatic nitrogens is 1. The van der Waals surface area contributed by atoms with Crippen molar-refractivity contribution < 1.29 is 17.9 Å². The van der Waals surface area contributed by atoms with E-state index in [1.165, 1.54) is 30.5 Å². The average Bonchev–Trinajstić information content (AvgIpc) is 2.48. The lowest BCUT2D eigenvalue weighted by atomic mass is 10.3. The monoisotopic (exact) mass is 306 g/mol. The maximum atomic E-state index is 12.0. The van der Waals surface area contributed by atoms with Crippen molar-refractivity contribution in [3.63, 3.8) is 0 Å². The molecule has 0 unspecified atom stereocenters. The zero-order valence-corrected chi connectivity index (χ0v) is 11.9. The zero-order valence-electron chi connectivity index (χ0n) is 11.1. The van der Waals surface area contributed by atoms with Crippen LogP contribution >= 0.6 is 0 Å². The molecule has 7 heteroatoms. The second-order valence-electron chi connectivity index (χ2n) is 4.30. The van der Waals surface area contributed by atoms with E-state index in [-0.39, 0.29) is 22.9 Å². The lowest BCUT2D eigenvalue weighted by molar-refractivity contribution is -0.607. The summed E-state index contributed by atoms with van der Waals surface area (Å²) in [5.74, 6) is -0.831. The fourth-order valence-corrected chi connectivity index (χ4v) is 2.92. The molecule has 1 aromatic carbocycles. The van der Waals surface area contributed by atoms with E-state index in [4.69, 9.17) is 0 Å². The number of nitrogens with zero attached hydrogens (tertiary/aromatic N) is 1. The summed E-state index contributed by atoms with van der Waals surface area (Å²) in [7, 11) is -3.45. The molecule has 110 valence electrons. The fraction of sp³-hybridized carbons (Fsp3) is 0.143. The van der Waals surface area contributed by atoms with Crippen LogP contribution in [0.15, 0.2) is 59.6 Å². The van der Waals surface area contributed by atoms with Crippen molar-refractivity contribution in [3.8, 4) is 0 Å². The number of pyridine rings is 1. The predicted molar refractivity (Wildman–Crippen MR) is 76.2 cm³/mol. The van der Waals surface area contributed by atoms with Gasteiger partial charge in [0.25, 0.3) is 5.69 Å². The Morgan fingerprint density at radius 3 is 2.43 bits per heavy atom. The van der Waals surface area contributed by atoms with Gasteiger partial charge in [0.2, 0.25) is 0 Å². The number of rotatable bonds is 5. The van der Waals surface area contributed by atoms with Gasteiger partial charge in [0.05, 0.1) is 10.6 Å². The molecule has 21 heavy (non-hydrogen) atoms. The summed E-state index contributed by atoms with van der Waals surface area (Å²) < 4.78 is 24.4. The van der Waals surface area contributed by atoms with Gasteiger partial charge < -0.3 is 10.5 Å². The third-order valence-electron chi connectivity index (χ3n) is 2.82. The summed E-state index contributed by atoms with van der Waals surface area (Å²) in [4.78, 5) is 12.0. The summed E-state index contributed by atoms with van der Waals surface area (Å²) in [5.41, 5.74) is -0.0744. The number of carbonyl (C=O) groups is 1. The van der Waals surface area contributed by atoms with E-state index < -0.39 is 15.7 Å². The first-order valence-electron chi connectivity index (χ1n) is 6.25. The minimum Gasteiger partial charge on any atom is -0.618 e. The van der Waals surface area contributed by atoms with Crippen molar-refractivity contribution >= 4 is 15.7 Å². The van der Waals surface area contributed by atoms with Gasteiger partial charge in [-0.2, -0.15) is 4.73 Å². The quantitative estimate of drug-likeness (QED) is 0.644. The van der Waals surface area contributed by atoms with Crippen LogP contribution in [0, 0.1) is 5.21 Å². The van der Waals surface area contributed by atoms with Crippen molar-refractivity contribution in [3.05, 3.63) is 65.6 Å².